The average molecular weight is 654 g/mol. The fraction of sp³-hybridized carbons (Fsp3) is 0.556. The first-order valence-electron chi connectivity index (χ1n) is 15.9. The number of hydrogen-bond acceptors (Lipinski definition) is 7. The zero-order chi connectivity index (χ0) is 34.2. The second-order valence-corrected chi connectivity index (χ2v) is 15.1. The Morgan fingerprint density at radius 3 is 2.00 bits per heavy atom. The van der Waals surface area contributed by atoms with Crippen LogP contribution >= 0.6 is 11.8 Å². The number of benzene rings is 2. The van der Waals surface area contributed by atoms with Gasteiger partial charge in [0.15, 0.2) is 0 Å². The van der Waals surface area contributed by atoms with Gasteiger partial charge in [-0.25, -0.2) is 9.59 Å². The first kappa shape index (κ1) is 36.9. The van der Waals surface area contributed by atoms with E-state index in [2.05, 4.69) is 10.6 Å². The number of esters is 1. The summed E-state index contributed by atoms with van der Waals surface area (Å²) in [5.41, 5.74) is 0.950. The number of ether oxygens (including phenoxy) is 2. The van der Waals surface area contributed by atoms with E-state index in [1.807, 2.05) is 74.7 Å². The Hall–Kier alpha value is -3.53. The van der Waals surface area contributed by atoms with E-state index in [9.17, 15) is 19.2 Å². The van der Waals surface area contributed by atoms with Gasteiger partial charge in [-0.1, -0.05) is 67.1 Å². The predicted octanol–water partition coefficient (Wildman–Crippen LogP) is 5.99. The van der Waals surface area contributed by atoms with Crippen molar-refractivity contribution in [3.05, 3.63) is 71.3 Å². The minimum Gasteiger partial charge on any atom is -0.458 e. The van der Waals surface area contributed by atoms with Gasteiger partial charge in [-0.05, 0) is 90.4 Å². The number of amides is 3. The number of hydrogen-bond donors (Lipinski definition) is 2. The van der Waals surface area contributed by atoms with E-state index in [1.165, 1.54) is 0 Å². The number of rotatable bonds is 13. The monoisotopic (exact) mass is 653 g/mol. The Morgan fingerprint density at radius 1 is 0.891 bits per heavy atom. The van der Waals surface area contributed by atoms with E-state index < -0.39 is 47.3 Å². The lowest BCUT2D eigenvalue weighted by molar-refractivity contribution is -0.159. The molecular formula is C36H51N3O6S. The molecule has 46 heavy (non-hydrogen) atoms. The van der Waals surface area contributed by atoms with Crippen molar-refractivity contribution in [2.24, 2.45) is 5.92 Å². The second-order valence-electron chi connectivity index (χ2n) is 14.1. The molecule has 0 bridgehead atoms. The summed E-state index contributed by atoms with van der Waals surface area (Å²) in [7, 11) is 0. The number of nitrogens with zero attached hydrogens (tertiary/aromatic N) is 1. The van der Waals surface area contributed by atoms with Crippen LogP contribution < -0.4 is 10.6 Å². The molecule has 5 unspecified atom stereocenters. The van der Waals surface area contributed by atoms with Gasteiger partial charge in [0, 0.05) is 12.5 Å². The number of nitrogens with one attached hydrogen (secondary N) is 2. The molecule has 0 radical (unpaired) electrons. The van der Waals surface area contributed by atoms with Gasteiger partial charge in [-0.15, -0.1) is 0 Å². The maximum Gasteiger partial charge on any atom is 0.408 e. The third kappa shape index (κ3) is 11.4. The summed E-state index contributed by atoms with van der Waals surface area (Å²) in [5, 5.41) is 5.75. The number of carbonyl (C=O) groups is 4. The van der Waals surface area contributed by atoms with Gasteiger partial charge < -0.3 is 25.0 Å². The summed E-state index contributed by atoms with van der Waals surface area (Å²) in [6, 6.07) is 13.7. The van der Waals surface area contributed by atoms with Crippen molar-refractivity contribution < 1.29 is 28.7 Å². The smallest absolute Gasteiger partial charge is 0.408 e. The summed E-state index contributed by atoms with van der Waals surface area (Å²) < 4.78 is 11.2. The Bertz CT molecular complexity index is 1340. The molecule has 2 N–H and O–H groups in total. The summed E-state index contributed by atoms with van der Waals surface area (Å²) in [6.45, 7) is 14.6. The van der Waals surface area contributed by atoms with Crippen molar-refractivity contribution in [2.45, 2.75) is 110 Å². The molecule has 2 aromatic carbocycles. The molecule has 1 aliphatic rings. The third-order valence-corrected chi connectivity index (χ3v) is 8.13. The fourth-order valence-corrected chi connectivity index (χ4v) is 5.62. The van der Waals surface area contributed by atoms with Crippen molar-refractivity contribution in [3.63, 3.8) is 0 Å². The van der Waals surface area contributed by atoms with E-state index in [0.717, 1.165) is 11.1 Å². The molecule has 1 saturated carbocycles. The number of thioether (sulfide) groups is 1. The van der Waals surface area contributed by atoms with Crippen LogP contribution in [0.5, 0.6) is 0 Å². The van der Waals surface area contributed by atoms with Gasteiger partial charge in [0.25, 0.3) is 0 Å². The van der Waals surface area contributed by atoms with Crippen LogP contribution in [-0.4, -0.2) is 70.1 Å². The average Bonchev–Trinajstić information content (AvgIpc) is 3.67. The highest BCUT2D eigenvalue weighted by molar-refractivity contribution is 7.98. The molecule has 0 heterocycles. The van der Waals surface area contributed by atoms with Crippen LogP contribution in [0.2, 0.25) is 0 Å². The standard InChI is InChI=1S/C36H51N3O6S/c1-23-15-17-26(18-16-23)30(31(40)37-28(33(42)44-35(3,4)5)22-25-13-11-10-12-14-25)39(29-21-24(29)2)32(41)27(19-20-46-9)38-34(43)45-36(6,7)8/h10-18,24,27-30H,19-22H2,1-9H3,(H,37,40)(H,38,43). The molecule has 5 atom stereocenters. The third-order valence-electron chi connectivity index (χ3n) is 7.49. The minimum absolute atomic E-state index is 0.151. The molecule has 0 aliphatic heterocycles. The van der Waals surface area contributed by atoms with E-state index in [1.54, 1.807) is 58.2 Å². The molecule has 10 heteroatoms. The van der Waals surface area contributed by atoms with E-state index in [0.29, 0.717) is 24.2 Å². The zero-order valence-corrected chi connectivity index (χ0v) is 29.5. The second kappa shape index (κ2) is 15.8. The lowest BCUT2D eigenvalue weighted by Gasteiger charge is -2.36. The normalized spacial score (nSPS) is 18.0. The van der Waals surface area contributed by atoms with E-state index in [-0.39, 0.29) is 24.3 Å². The highest BCUT2D eigenvalue weighted by Gasteiger charge is 2.48. The van der Waals surface area contributed by atoms with Crippen molar-refractivity contribution in [2.75, 3.05) is 12.0 Å². The Morgan fingerprint density at radius 2 is 1.48 bits per heavy atom. The number of alkyl carbamates (subject to hydrolysis) is 1. The van der Waals surface area contributed by atoms with Crippen LogP contribution in [0.1, 0.15) is 84.0 Å². The summed E-state index contributed by atoms with van der Waals surface area (Å²) in [4.78, 5) is 57.0. The first-order chi connectivity index (χ1) is 21.5. The minimum atomic E-state index is -1.05. The van der Waals surface area contributed by atoms with Crippen LogP contribution in [0.15, 0.2) is 54.6 Å². The maximum absolute atomic E-state index is 14.5. The van der Waals surface area contributed by atoms with Gasteiger partial charge in [0.1, 0.15) is 29.3 Å². The molecule has 1 aliphatic carbocycles. The number of carbonyl (C=O) groups excluding carboxylic acids is 4. The summed E-state index contributed by atoms with van der Waals surface area (Å²) in [5.74, 6) is -0.664. The molecule has 0 aromatic heterocycles. The van der Waals surface area contributed by atoms with Crippen molar-refractivity contribution >= 4 is 35.6 Å². The van der Waals surface area contributed by atoms with Gasteiger partial charge in [0.2, 0.25) is 11.8 Å². The predicted molar refractivity (Wildman–Crippen MR) is 182 cm³/mol. The molecule has 1 fully saturated rings. The first-order valence-corrected chi connectivity index (χ1v) is 17.3. The zero-order valence-electron chi connectivity index (χ0n) is 28.7. The maximum atomic E-state index is 14.5. The molecule has 3 amide bonds. The molecular weight excluding hydrogens is 602 g/mol. The molecule has 0 saturated heterocycles. The van der Waals surface area contributed by atoms with Gasteiger partial charge >= 0.3 is 12.1 Å². The van der Waals surface area contributed by atoms with Crippen LogP contribution in [-0.2, 0) is 30.3 Å². The quantitative estimate of drug-likeness (QED) is 0.256. The summed E-state index contributed by atoms with van der Waals surface area (Å²) >= 11 is 1.56. The topological polar surface area (TPSA) is 114 Å². The van der Waals surface area contributed by atoms with Crippen LogP contribution in [0.3, 0.4) is 0 Å². The fourth-order valence-electron chi connectivity index (χ4n) is 5.15. The van der Waals surface area contributed by atoms with Gasteiger partial charge in [0.05, 0.1) is 0 Å². The van der Waals surface area contributed by atoms with Crippen molar-refractivity contribution in [3.8, 4) is 0 Å². The van der Waals surface area contributed by atoms with Crippen LogP contribution in [0.4, 0.5) is 4.79 Å². The molecule has 252 valence electrons. The van der Waals surface area contributed by atoms with Crippen LogP contribution in [0, 0.1) is 12.8 Å². The largest absolute Gasteiger partial charge is 0.458 e. The van der Waals surface area contributed by atoms with Gasteiger partial charge in [-0.2, -0.15) is 11.8 Å². The van der Waals surface area contributed by atoms with Crippen molar-refractivity contribution in [1.82, 2.24) is 15.5 Å². The van der Waals surface area contributed by atoms with Crippen molar-refractivity contribution in [1.29, 1.82) is 0 Å². The Labute approximate surface area is 278 Å². The molecule has 3 rings (SSSR count). The molecule has 2 aromatic rings. The lowest BCUT2D eigenvalue weighted by Crippen LogP contribution is -2.56. The number of aryl methyl sites for hydroxylation is 1. The SMILES string of the molecule is CSCCC(NC(=O)OC(C)(C)C)C(=O)N(C(C(=O)NC(Cc1ccccc1)C(=O)OC(C)(C)C)c1ccc(C)cc1)C1CC1C. The summed E-state index contributed by atoms with van der Waals surface area (Å²) in [6.07, 6.45) is 2.52. The van der Waals surface area contributed by atoms with E-state index >= 15 is 0 Å². The van der Waals surface area contributed by atoms with E-state index in [4.69, 9.17) is 9.47 Å². The Balaban J connectivity index is 2.04. The highest BCUT2D eigenvalue weighted by Crippen LogP contribution is 2.41. The molecule has 9 nitrogen and oxygen atoms in total. The highest BCUT2D eigenvalue weighted by atomic mass is 32.2. The van der Waals surface area contributed by atoms with Crippen LogP contribution in [0.25, 0.3) is 0 Å². The molecule has 0 spiro atoms. The van der Waals surface area contributed by atoms with Gasteiger partial charge in [-0.3, -0.25) is 9.59 Å². The Kier molecular flexibility index (Phi) is 12.7. The lowest BCUT2D eigenvalue weighted by atomic mass is 9.99.